The van der Waals surface area contributed by atoms with Gasteiger partial charge in [-0.1, -0.05) is 18.2 Å². The Kier molecular flexibility index (Phi) is 4.87. The Bertz CT molecular complexity index is 496. The summed E-state index contributed by atoms with van der Waals surface area (Å²) in [4.78, 5) is 3.90. The molecular formula is C17H25FN2O3. The molecule has 5 nitrogen and oxygen atoms in total. The van der Waals surface area contributed by atoms with Crippen molar-refractivity contribution in [3.63, 3.8) is 0 Å². The van der Waals surface area contributed by atoms with Crippen LogP contribution in [0.4, 0.5) is 10.1 Å². The highest BCUT2D eigenvalue weighted by Crippen LogP contribution is 2.31. The van der Waals surface area contributed by atoms with E-state index in [1.807, 2.05) is 30.3 Å². The van der Waals surface area contributed by atoms with Crippen LogP contribution in [0, 0.1) is 0 Å². The molecule has 23 heavy (non-hydrogen) atoms. The Morgan fingerprint density at radius 2 is 1.57 bits per heavy atom. The Hall–Kier alpha value is -1.21. The molecule has 2 fully saturated rings. The molecular weight excluding hydrogens is 299 g/mol. The first-order valence-electron chi connectivity index (χ1n) is 8.22. The molecule has 2 saturated heterocycles. The van der Waals surface area contributed by atoms with Gasteiger partial charge >= 0.3 is 0 Å². The maximum Gasteiger partial charge on any atom is 0.127 e. The topological polar surface area (TPSA) is 67.2 Å². The normalized spacial score (nSPS) is 32.0. The van der Waals surface area contributed by atoms with Gasteiger partial charge in [0.05, 0.1) is 12.2 Å². The van der Waals surface area contributed by atoms with Crippen molar-refractivity contribution in [2.75, 3.05) is 37.6 Å². The Labute approximate surface area is 136 Å². The fourth-order valence-corrected chi connectivity index (χ4v) is 3.57. The van der Waals surface area contributed by atoms with E-state index < -0.39 is 24.0 Å². The van der Waals surface area contributed by atoms with E-state index in [0.29, 0.717) is 25.9 Å². The summed E-state index contributed by atoms with van der Waals surface area (Å²) in [6, 6.07) is 9.99. The number of nitrogens with zero attached hydrogens (tertiary/aromatic N) is 2. The fraction of sp³-hybridized carbons (Fsp3) is 0.647. The lowest BCUT2D eigenvalue weighted by Crippen LogP contribution is -2.58. The van der Waals surface area contributed by atoms with Gasteiger partial charge in [0, 0.05) is 51.3 Å². The Morgan fingerprint density at radius 3 is 2.13 bits per heavy atom. The van der Waals surface area contributed by atoms with Gasteiger partial charge in [0.25, 0.3) is 0 Å². The van der Waals surface area contributed by atoms with Crippen molar-refractivity contribution in [2.24, 2.45) is 0 Å². The van der Waals surface area contributed by atoms with Crippen molar-refractivity contribution in [1.29, 1.82) is 0 Å². The average molecular weight is 324 g/mol. The zero-order valence-electron chi connectivity index (χ0n) is 13.2. The second-order valence-corrected chi connectivity index (χ2v) is 6.79. The van der Waals surface area contributed by atoms with Gasteiger partial charge in [-0.25, -0.2) is 4.39 Å². The van der Waals surface area contributed by atoms with Crippen LogP contribution in [0.3, 0.4) is 0 Å². The number of rotatable bonds is 3. The van der Waals surface area contributed by atoms with Crippen LogP contribution in [0.2, 0.25) is 0 Å². The molecule has 0 radical (unpaired) electrons. The van der Waals surface area contributed by atoms with Crippen LogP contribution in [-0.2, 0) is 0 Å². The highest BCUT2D eigenvalue weighted by atomic mass is 19.1. The molecule has 2 heterocycles. The Balaban J connectivity index is 1.55. The lowest BCUT2D eigenvalue weighted by Gasteiger charge is -2.43. The number of anilines is 1. The minimum atomic E-state index is -1.31. The predicted molar refractivity (Wildman–Crippen MR) is 86.2 cm³/mol. The molecule has 2 aliphatic heterocycles. The van der Waals surface area contributed by atoms with Gasteiger partial charge in [-0.3, -0.25) is 4.90 Å². The summed E-state index contributed by atoms with van der Waals surface area (Å²) in [7, 11) is 0. The second-order valence-electron chi connectivity index (χ2n) is 6.79. The summed E-state index contributed by atoms with van der Waals surface area (Å²) in [5.74, 6) is 0. The lowest BCUT2D eigenvalue weighted by molar-refractivity contribution is -0.118. The van der Waals surface area contributed by atoms with E-state index in [0.717, 1.165) is 5.69 Å². The molecule has 0 amide bonds. The SMILES string of the molecule is OC1[C@H](O)CN(CC2(F)CCN(c3ccccc3)CC2)C[C@@H]1O. The van der Waals surface area contributed by atoms with E-state index in [1.165, 1.54) is 0 Å². The number of para-hydroxylation sites is 1. The number of aliphatic hydroxyl groups is 3. The molecule has 1 aromatic rings. The van der Waals surface area contributed by atoms with E-state index >= 15 is 4.39 Å². The minimum Gasteiger partial charge on any atom is -0.389 e. The molecule has 2 aliphatic rings. The number of halogens is 1. The lowest BCUT2D eigenvalue weighted by atomic mass is 9.91. The van der Waals surface area contributed by atoms with Gasteiger partial charge in [-0.2, -0.15) is 0 Å². The number of hydrogen-bond acceptors (Lipinski definition) is 5. The van der Waals surface area contributed by atoms with E-state index in [-0.39, 0.29) is 19.6 Å². The first kappa shape index (κ1) is 16.6. The van der Waals surface area contributed by atoms with E-state index in [4.69, 9.17) is 0 Å². The third-order valence-electron chi connectivity index (χ3n) is 4.97. The van der Waals surface area contributed by atoms with Crippen molar-refractivity contribution in [1.82, 2.24) is 4.90 Å². The van der Waals surface area contributed by atoms with Crippen LogP contribution in [0.25, 0.3) is 0 Å². The third kappa shape index (κ3) is 3.83. The second kappa shape index (κ2) is 6.73. The number of aliphatic hydroxyl groups excluding tert-OH is 3. The number of alkyl halides is 1. The highest BCUT2D eigenvalue weighted by molar-refractivity contribution is 5.46. The van der Waals surface area contributed by atoms with Gasteiger partial charge < -0.3 is 20.2 Å². The quantitative estimate of drug-likeness (QED) is 0.751. The van der Waals surface area contributed by atoms with Crippen molar-refractivity contribution < 1.29 is 19.7 Å². The van der Waals surface area contributed by atoms with Crippen LogP contribution < -0.4 is 4.90 Å². The summed E-state index contributed by atoms with van der Waals surface area (Å²) in [5, 5.41) is 29.0. The standard InChI is InChI=1S/C17H25FN2O3/c18-17(12-19-10-14(21)16(23)15(22)11-19)6-8-20(9-7-17)13-4-2-1-3-5-13/h1-5,14-16,21-23H,6-12H2/t14-,15+,16?. The first-order valence-corrected chi connectivity index (χ1v) is 8.22. The van der Waals surface area contributed by atoms with Crippen LogP contribution in [0.15, 0.2) is 30.3 Å². The summed E-state index contributed by atoms with van der Waals surface area (Å²) < 4.78 is 15.1. The molecule has 0 spiro atoms. The van der Waals surface area contributed by atoms with Gasteiger partial charge in [0.1, 0.15) is 11.8 Å². The predicted octanol–water partition coefficient (Wildman–Crippen LogP) is 0.393. The molecule has 6 heteroatoms. The summed E-state index contributed by atoms with van der Waals surface area (Å²) in [5.41, 5.74) is -0.200. The summed E-state index contributed by atoms with van der Waals surface area (Å²) in [6.07, 6.45) is -2.33. The maximum absolute atomic E-state index is 15.1. The van der Waals surface area contributed by atoms with Crippen LogP contribution in [0.5, 0.6) is 0 Å². The number of benzene rings is 1. The molecule has 3 rings (SSSR count). The zero-order chi connectivity index (χ0) is 16.4. The number of piperidine rings is 2. The minimum absolute atomic E-state index is 0.191. The molecule has 1 unspecified atom stereocenters. The number of hydrogen-bond donors (Lipinski definition) is 3. The smallest absolute Gasteiger partial charge is 0.127 e. The number of likely N-dealkylation sites (tertiary alicyclic amines) is 1. The largest absolute Gasteiger partial charge is 0.389 e. The average Bonchev–Trinajstić information content (AvgIpc) is 2.54. The molecule has 0 aliphatic carbocycles. The van der Waals surface area contributed by atoms with E-state index in [9.17, 15) is 15.3 Å². The fourth-order valence-electron chi connectivity index (χ4n) is 3.57. The van der Waals surface area contributed by atoms with E-state index in [1.54, 1.807) is 4.90 Å². The van der Waals surface area contributed by atoms with Crippen molar-refractivity contribution in [3.05, 3.63) is 30.3 Å². The zero-order valence-corrected chi connectivity index (χ0v) is 13.2. The van der Waals surface area contributed by atoms with Gasteiger partial charge in [-0.15, -0.1) is 0 Å². The molecule has 128 valence electrons. The van der Waals surface area contributed by atoms with Gasteiger partial charge in [0.2, 0.25) is 0 Å². The highest BCUT2D eigenvalue weighted by Gasteiger charge is 2.40. The molecule has 3 atom stereocenters. The number of β-amino-alcohol motifs (C(OH)–C–C–N with tert-alkyl or cyclic N) is 2. The molecule has 1 aromatic carbocycles. The summed E-state index contributed by atoms with van der Waals surface area (Å²) >= 11 is 0. The monoisotopic (exact) mass is 324 g/mol. The van der Waals surface area contributed by atoms with Crippen LogP contribution in [0.1, 0.15) is 12.8 Å². The molecule has 3 N–H and O–H groups in total. The van der Waals surface area contributed by atoms with Gasteiger partial charge in [-0.05, 0) is 12.1 Å². The third-order valence-corrected chi connectivity index (χ3v) is 4.97. The van der Waals surface area contributed by atoms with Crippen LogP contribution in [-0.4, -0.2) is 76.9 Å². The Morgan fingerprint density at radius 1 is 1.00 bits per heavy atom. The van der Waals surface area contributed by atoms with Gasteiger partial charge in [0.15, 0.2) is 0 Å². The molecule has 0 aromatic heterocycles. The van der Waals surface area contributed by atoms with Crippen LogP contribution >= 0.6 is 0 Å². The molecule has 0 bridgehead atoms. The maximum atomic E-state index is 15.1. The first-order chi connectivity index (χ1) is 11.0. The van der Waals surface area contributed by atoms with Crippen molar-refractivity contribution in [3.8, 4) is 0 Å². The molecule has 0 saturated carbocycles. The van der Waals surface area contributed by atoms with E-state index in [2.05, 4.69) is 4.90 Å². The summed E-state index contributed by atoms with van der Waals surface area (Å²) in [6.45, 7) is 1.90. The van der Waals surface area contributed by atoms with Crippen molar-refractivity contribution in [2.45, 2.75) is 36.8 Å². The van der Waals surface area contributed by atoms with Crippen molar-refractivity contribution >= 4 is 5.69 Å².